The molecule has 0 bridgehead atoms. The number of aliphatic carboxylic acids is 1. The Hall–Kier alpha value is -1.92. The number of carbonyl (C=O) groups is 2. The molecule has 0 aliphatic rings. The van der Waals surface area contributed by atoms with Crippen molar-refractivity contribution in [3.05, 3.63) is 35.9 Å². The molecule has 6 nitrogen and oxygen atoms in total. The van der Waals surface area contributed by atoms with Gasteiger partial charge in [0.1, 0.15) is 0 Å². The number of carboxylic acid groups (broad SMARTS) is 1. The SMILES string of the molecule is COCC(NC(=O)[C@@H](N)CCc1ccccc1)C(=O)O. The fraction of sp³-hybridized carbons (Fsp3) is 0.429. The number of aryl methyl sites for hydroxylation is 1. The Morgan fingerprint density at radius 1 is 1.35 bits per heavy atom. The summed E-state index contributed by atoms with van der Waals surface area (Å²) in [7, 11) is 1.37. The van der Waals surface area contributed by atoms with Crippen LogP contribution in [0.15, 0.2) is 30.3 Å². The molecule has 2 atom stereocenters. The van der Waals surface area contributed by atoms with E-state index in [0.29, 0.717) is 12.8 Å². The molecule has 0 aromatic heterocycles. The lowest BCUT2D eigenvalue weighted by Crippen LogP contribution is -2.50. The predicted octanol–water partition coefficient (Wildman–Crippen LogP) is 0.162. The highest BCUT2D eigenvalue weighted by molar-refractivity contribution is 5.86. The molecule has 0 saturated carbocycles. The van der Waals surface area contributed by atoms with Crippen LogP contribution < -0.4 is 11.1 Å². The van der Waals surface area contributed by atoms with Crippen LogP contribution in [0.25, 0.3) is 0 Å². The fourth-order valence-electron chi connectivity index (χ4n) is 1.72. The van der Waals surface area contributed by atoms with E-state index < -0.39 is 24.0 Å². The molecule has 0 aliphatic heterocycles. The number of carboxylic acids is 1. The van der Waals surface area contributed by atoms with Crippen LogP contribution in [0.5, 0.6) is 0 Å². The van der Waals surface area contributed by atoms with Crippen LogP contribution >= 0.6 is 0 Å². The van der Waals surface area contributed by atoms with Crippen molar-refractivity contribution < 1.29 is 19.4 Å². The molecule has 0 saturated heterocycles. The highest BCUT2D eigenvalue weighted by Crippen LogP contribution is 2.04. The number of hydrogen-bond donors (Lipinski definition) is 3. The van der Waals surface area contributed by atoms with Crippen LogP contribution in [-0.2, 0) is 20.7 Å². The average Bonchev–Trinajstić information content (AvgIpc) is 2.45. The number of amides is 1. The van der Waals surface area contributed by atoms with Crippen LogP contribution in [-0.4, -0.2) is 42.8 Å². The topological polar surface area (TPSA) is 102 Å². The number of rotatable bonds is 8. The summed E-state index contributed by atoms with van der Waals surface area (Å²) >= 11 is 0. The summed E-state index contributed by atoms with van der Waals surface area (Å²) < 4.78 is 4.74. The van der Waals surface area contributed by atoms with Gasteiger partial charge in [-0.25, -0.2) is 4.79 Å². The number of carbonyl (C=O) groups excluding carboxylic acids is 1. The van der Waals surface area contributed by atoms with Gasteiger partial charge in [0.25, 0.3) is 0 Å². The average molecular weight is 280 g/mol. The molecule has 110 valence electrons. The van der Waals surface area contributed by atoms with Crippen LogP contribution in [0.4, 0.5) is 0 Å². The number of hydrogen-bond acceptors (Lipinski definition) is 4. The molecule has 0 radical (unpaired) electrons. The number of methoxy groups -OCH3 is 1. The number of benzene rings is 1. The summed E-state index contributed by atoms with van der Waals surface area (Å²) in [6.45, 7) is -0.0908. The summed E-state index contributed by atoms with van der Waals surface area (Å²) in [6.07, 6.45) is 1.12. The number of nitrogens with one attached hydrogen (secondary N) is 1. The lowest BCUT2D eigenvalue weighted by Gasteiger charge is -2.17. The van der Waals surface area contributed by atoms with E-state index in [1.165, 1.54) is 7.11 Å². The predicted molar refractivity (Wildman–Crippen MR) is 74.2 cm³/mol. The summed E-state index contributed by atoms with van der Waals surface area (Å²) in [5.74, 6) is -1.62. The highest BCUT2D eigenvalue weighted by atomic mass is 16.5. The fourth-order valence-corrected chi connectivity index (χ4v) is 1.72. The second-order valence-electron chi connectivity index (χ2n) is 4.49. The van der Waals surface area contributed by atoms with E-state index in [4.69, 9.17) is 15.6 Å². The summed E-state index contributed by atoms with van der Waals surface area (Å²) in [6, 6.07) is 7.84. The smallest absolute Gasteiger partial charge is 0.328 e. The minimum absolute atomic E-state index is 0.0908. The zero-order chi connectivity index (χ0) is 15.0. The van der Waals surface area contributed by atoms with Gasteiger partial charge in [-0.1, -0.05) is 30.3 Å². The number of nitrogens with two attached hydrogens (primary N) is 1. The summed E-state index contributed by atoms with van der Waals surface area (Å²) in [5.41, 5.74) is 6.85. The largest absolute Gasteiger partial charge is 0.480 e. The van der Waals surface area contributed by atoms with Crippen molar-refractivity contribution in [2.75, 3.05) is 13.7 Å². The summed E-state index contributed by atoms with van der Waals surface area (Å²) in [4.78, 5) is 22.7. The van der Waals surface area contributed by atoms with Crippen LogP contribution in [0.2, 0.25) is 0 Å². The second kappa shape index (κ2) is 8.29. The van der Waals surface area contributed by atoms with Crippen molar-refractivity contribution in [3.8, 4) is 0 Å². The highest BCUT2D eigenvalue weighted by Gasteiger charge is 2.22. The van der Waals surface area contributed by atoms with E-state index >= 15 is 0 Å². The van der Waals surface area contributed by atoms with Gasteiger partial charge in [-0.05, 0) is 18.4 Å². The van der Waals surface area contributed by atoms with Crippen molar-refractivity contribution in [2.24, 2.45) is 5.73 Å². The molecule has 1 unspecified atom stereocenters. The first-order valence-electron chi connectivity index (χ1n) is 6.36. The van der Waals surface area contributed by atoms with Crippen LogP contribution in [0.3, 0.4) is 0 Å². The Morgan fingerprint density at radius 2 is 2.00 bits per heavy atom. The van der Waals surface area contributed by atoms with Crippen molar-refractivity contribution >= 4 is 11.9 Å². The van der Waals surface area contributed by atoms with Crippen molar-refractivity contribution in [1.29, 1.82) is 0 Å². The third-order valence-electron chi connectivity index (χ3n) is 2.87. The van der Waals surface area contributed by atoms with Gasteiger partial charge in [-0.3, -0.25) is 4.79 Å². The van der Waals surface area contributed by atoms with Crippen molar-refractivity contribution in [1.82, 2.24) is 5.32 Å². The standard InChI is InChI=1S/C14H20N2O4/c1-20-9-12(14(18)19)16-13(17)11(15)8-7-10-5-3-2-4-6-10/h2-6,11-12H,7-9,15H2,1H3,(H,16,17)(H,18,19)/t11-,12?/m0/s1. The zero-order valence-electron chi connectivity index (χ0n) is 11.4. The molecular formula is C14H20N2O4. The molecule has 0 heterocycles. The molecule has 20 heavy (non-hydrogen) atoms. The lowest BCUT2D eigenvalue weighted by atomic mass is 10.1. The second-order valence-corrected chi connectivity index (χ2v) is 4.49. The van der Waals surface area contributed by atoms with E-state index in [2.05, 4.69) is 5.32 Å². The quantitative estimate of drug-likeness (QED) is 0.629. The number of ether oxygens (including phenoxy) is 1. The molecule has 1 aromatic carbocycles. The van der Waals surface area contributed by atoms with E-state index in [1.807, 2.05) is 30.3 Å². The van der Waals surface area contributed by atoms with Crippen LogP contribution in [0.1, 0.15) is 12.0 Å². The van der Waals surface area contributed by atoms with E-state index in [-0.39, 0.29) is 6.61 Å². The molecule has 0 fully saturated rings. The van der Waals surface area contributed by atoms with Gasteiger partial charge >= 0.3 is 5.97 Å². The molecular weight excluding hydrogens is 260 g/mol. The van der Waals surface area contributed by atoms with Gasteiger partial charge in [-0.15, -0.1) is 0 Å². The Morgan fingerprint density at radius 3 is 2.55 bits per heavy atom. The van der Waals surface area contributed by atoms with Gasteiger partial charge in [-0.2, -0.15) is 0 Å². The molecule has 1 rings (SSSR count). The van der Waals surface area contributed by atoms with Crippen LogP contribution in [0, 0.1) is 0 Å². The van der Waals surface area contributed by atoms with E-state index in [1.54, 1.807) is 0 Å². The van der Waals surface area contributed by atoms with E-state index in [0.717, 1.165) is 5.56 Å². The first-order valence-corrected chi connectivity index (χ1v) is 6.36. The maximum absolute atomic E-state index is 11.8. The lowest BCUT2D eigenvalue weighted by molar-refractivity contribution is -0.143. The first kappa shape index (κ1) is 16.1. The third kappa shape index (κ3) is 5.38. The Labute approximate surface area is 117 Å². The zero-order valence-corrected chi connectivity index (χ0v) is 11.4. The minimum Gasteiger partial charge on any atom is -0.480 e. The molecule has 6 heteroatoms. The Balaban J connectivity index is 2.44. The molecule has 0 spiro atoms. The Bertz CT molecular complexity index is 436. The van der Waals surface area contributed by atoms with Crippen molar-refractivity contribution in [2.45, 2.75) is 24.9 Å². The maximum atomic E-state index is 11.8. The Kier molecular flexibility index (Phi) is 6.69. The molecule has 1 aromatic rings. The first-order chi connectivity index (χ1) is 9.54. The van der Waals surface area contributed by atoms with Gasteiger partial charge in [0, 0.05) is 7.11 Å². The van der Waals surface area contributed by atoms with Gasteiger partial charge in [0.2, 0.25) is 5.91 Å². The van der Waals surface area contributed by atoms with Crippen molar-refractivity contribution in [3.63, 3.8) is 0 Å². The van der Waals surface area contributed by atoms with Gasteiger partial charge < -0.3 is 20.9 Å². The normalized spacial score (nSPS) is 13.5. The monoisotopic (exact) mass is 280 g/mol. The van der Waals surface area contributed by atoms with Gasteiger partial charge in [0.15, 0.2) is 6.04 Å². The van der Waals surface area contributed by atoms with E-state index in [9.17, 15) is 9.59 Å². The molecule has 4 N–H and O–H groups in total. The molecule has 1 amide bonds. The summed E-state index contributed by atoms with van der Waals surface area (Å²) in [5, 5.41) is 11.3. The minimum atomic E-state index is -1.14. The molecule has 0 aliphatic carbocycles. The van der Waals surface area contributed by atoms with Gasteiger partial charge in [0.05, 0.1) is 12.6 Å². The maximum Gasteiger partial charge on any atom is 0.328 e. The third-order valence-corrected chi connectivity index (χ3v) is 2.87.